The summed E-state index contributed by atoms with van der Waals surface area (Å²) in [6, 6.07) is 0. The van der Waals surface area contributed by atoms with Crippen LogP contribution in [-0.4, -0.2) is 187 Å². The second-order valence-electron chi connectivity index (χ2n) is 29.7. The third-order valence-corrected chi connectivity index (χ3v) is 24.1. The molecule has 0 aliphatic carbocycles. The van der Waals surface area contributed by atoms with Crippen molar-refractivity contribution in [2.45, 2.75) is 358 Å². The fourth-order valence-electron chi connectivity index (χ4n) is 13.6. The van der Waals surface area contributed by atoms with Crippen LogP contribution in [0.4, 0.5) is 0 Å². The molecule has 0 spiro atoms. The first-order chi connectivity index (χ1) is 55.8. The first-order valence-electron chi connectivity index (χ1n) is 44.4. The van der Waals surface area contributed by atoms with Crippen molar-refractivity contribution in [2.24, 2.45) is 0 Å². The average molecular weight is 1680 g/mol. The Labute approximate surface area is 693 Å². The van der Waals surface area contributed by atoms with Crippen molar-refractivity contribution in [3.8, 4) is 0 Å². The van der Waals surface area contributed by atoms with Crippen LogP contribution in [0.3, 0.4) is 0 Å². The van der Waals surface area contributed by atoms with Gasteiger partial charge in [0.1, 0.15) is 48.8 Å². The zero-order valence-corrected chi connectivity index (χ0v) is 74.9. The van der Waals surface area contributed by atoms with Gasteiger partial charge in [0.15, 0.2) is 12.6 Å². The van der Waals surface area contributed by atoms with E-state index in [0.29, 0.717) is 26.1 Å². The molecular formula is C88H163O23P3. The summed E-state index contributed by atoms with van der Waals surface area (Å²) in [4.78, 5) is 0. The highest BCUT2D eigenvalue weighted by atomic mass is 31.2. The van der Waals surface area contributed by atoms with Crippen LogP contribution in [0.15, 0.2) is 88.1 Å². The number of phosphoric ester groups is 3. The van der Waals surface area contributed by atoms with Gasteiger partial charge in [-0.1, -0.05) is 282 Å². The monoisotopic (exact) mass is 1680 g/mol. The Balaban J connectivity index is 2.94. The number of hydrogen-bond donors (Lipinski definition) is 0. The van der Waals surface area contributed by atoms with Crippen LogP contribution in [0.25, 0.3) is 0 Å². The first kappa shape index (κ1) is 108. The van der Waals surface area contributed by atoms with Crippen LogP contribution < -0.4 is 0 Å². The van der Waals surface area contributed by atoms with Crippen molar-refractivity contribution in [1.29, 1.82) is 0 Å². The SMILES string of the molecule is C=CCOP(=O)(OCC=C)OCCO[C@H]1O[C@H](CO[C@@H]2O[C@H](COC)[C@@H](OP(=O)(OCC=C)OCC=C)[C@H](OCC[C@H](CCCCCCC)OC)[C@H]2OCCCCCCCCCC/C=C\CCCCCC)[C@@H](OCCOP(=O)(OCC=C)OCC=C)[C@H](OCCCCCCCCCCCC)[C@H]1OCCCCCCCCCCCC. The van der Waals surface area contributed by atoms with Crippen LogP contribution in [0.5, 0.6) is 0 Å². The molecule has 23 nitrogen and oxygen atoms in total. The predicted octanol–water partition coefficient (Wildman–Crippen LogP) is 23.6. The van der Waals surface area contributed by atoms with E-state index in [1.165, 1.54) is 178 Å². The number of rotatable bonds is 87. The summed E-state index contributed by atoms with van der Waals surface area (Å²) in [5, 5.41) is 0. The van der Waals surface area contributed by atoms with Crippen LogP contribution in [0, 0.1) is 0 Å². The molecule has 114 heavy (non-hydrogen) atoms. The van der Waals surface area contributed by atoms with Crippen molar-refractivity contribution >= 4 is 23.5 Å². The van der Waals surface area contributed by atoms with Gasteiger partial charge < -0.3 is 52.1 Å². The molecular weight excluding hydrogens is 1520 g/mol. The zero-order valence-electron chi connectivity index (χ0n) is 72.2. The third kappa shape index (κ3) is 53.1. The number of hydrogen-bond acceptors (Lipinski definition) is 23. The Morgan fingerprint density at radius 2 is 0.614 bits per heavy atom. The topological polar surface area (TPSA) is 236 Å². The highest BCUT2D eigenvalue weighted by Crippen LogP contribution is 2.54. The van der Waals surface area contributed by atoms with Gasteiger partial charge in [-0.15, -0.1) is 39.5 Å². The molecule has 0 aromatic carbocycles. The zero-order chi connectivity index (χ0) is 83.0. The maximum Gasteiger partial charge on any atom is 0.475 e. The minimum atomic E-state index is -4.45. The van der Waals surface area contributed by atoms with Crippen molar-refractivity contribution in [2.75, 3.05) is 120 Å². The predicted molar refractivity (Wildman–Crippen MR) is 458 cm³/mol. The second kappa shape index (κ2) is 74.9. The molecule has 0 amide bonds. The van der Waals surface area contributed by atoms with Crippen molar-refractivity contribution in [3.63, 3.8) is 0 Å². The minimum absolute atomic E-state index is 0.0913. The van der Waals surface area contributed by atoms with Gasteiger partial charge in [-0.2, -0.15) is 0 Å². The van der Waals surface area contributed by atoms with Crippen LogP contribution in [-0.2, 0) is 107 Å². The Hall–Kier alpha value is -1.93. The summed E-state index contributed by atoms with van der Waals surface area (Å²) in [5.41, 5.74) is 0. The minimum Gasteiger partial charge on any atom is -0.382 e. The lowest BCUT2D eigenvalue weighted by atomic mass is 9.97. The van der Waals surface area contributed by atoms with Crippen LogP contribution >= 0.6 is 23.5 Å². The van der Waals surface area contributed by atoms with Crippen molar-refractivity contribution in [1.82, 2.24) is 0 Å². The van der Waals surface area contributed by atoms with Gasteiger partial charge in [0.2, 0.25) is 0 Å². The molecule has 2 rings (SSSR count). The molecule has 0 unspecified atom stereocenters. The Morgan fingerprint density at radius 1 is 0.298 bits per heavy atom. The molecule has 26 heteroatoms. The number of unbranched alkanes of at least 4 members (excludes halogenated alkanes) is 34. The largest absolute Gasteiger partial charge is 0.475 e. The van der Waals surface area contributed by atoms with Gasteiger partial charge in [-0.25, -0.2) is 13.7 Å². The van der Waals surface area contributed by atoms with E-state index in [2.05, 4.69) is 79.3 Å². The molecule has 0 N–H and O–H groups in total. The fraction of sp³-hybridized carbons (Fsp3) is 0.841. The third-order valence-electron chi connectivity index (χ3n) is 19.8. The second-order valence-corrected chi connectivity index (χ2v) is 34.6. The molecule has 2 heterocycles. The lowest BCUT2D eigenvalue weighted by Gasteiger charge is -2.48. The van der Waals surface area contributed by atoms with Gasteiger partial charge in [0.05, 0.1) is 85.4 Å². The molecule has 0 radical (unpaired) electrons. The van der Waals surface area contributed by atoms with Gasteiger partial charge in [-0.3, -0.25) is 40.7 Å². The van der Waals surface area contributed by atoms with Gasteiger partial charge in [0.25, 0.3) is 0 Å². The quantitative estimate of drug-likeness (QED) is 0.0312. The van der Waals surface area contributed by atoms with Crippen LogP contribution in [0.2, 0.25) is 0 Å². The number of allylic oxidation sites excluding steroid dienone is 2. The average Bonchev–Trinajstić information content (AvgIpc) is 0.783. The summed E-state index contributed by atoms with van der Waals surface area (Å²) in [5.74, 6) is 0. The van der Waals surface area contributed by atoms with Gasteiger partial charge >= 0.3 is 23.5 Å². The molecule has 0 saturated carbocycles. The van der Waals surface area contributed by atoms with E-state index in [1.54, 1.807) is 7.11 Å². The normalized spacial score (nSPS) is 20.5. The summed E-state index contributed by atoms with van der Waals surface area (Å²) in [6.45, 7) is 30.6. The number of methoxy groups -OCH3 is 2. The first-order valence-corrected chi connectivity index (χ1v) is 48.7. The van der Waals surface area contributed by atoms with E-state index in [4.69, 9.17) is 92.8 Å². The maximum atomic E-state index is 15.0. The molecule has 0 bridgehead atoms. The summed E-state index contributed by atoms with van der Waals surface area (Å²) in [7, 11) is -9.49. The smallest absolute Gasteiger partial charge is 0.382 e. The summed E-state index contributed by atoms with van der Waals surface area (Å²) >= 11 is 0. The van der Waals surface area contributed by atoms with E-state index >= 15 is 0 Å². The van der Waals surface area contributed by atoms with Crippen molar-refractivity contribution < 1.29 is 107 Å². The number of phosphoric acid groups is 3. The number of ether oxygens (including phenoxy) is 11. The highest BCUT2D eigenvalue weighted by Gasteiger charge is 2.54. The molecule has 2 aliphatic heterocycles. The highest BCUT2D eigenvalue weighted by molar-refractivity contribution is 7.49. The van der Waals surface area contributed by atoms with E-state index in [9.17, 15) is 13.7 Å². The molecule has 668 valence electrons. The fourth-order valence-corrected chi connectivity index (χ4v) is 17.1. The van der Waals surface area contributed by atoms with Crippen molar-refractivity contribution in [3.05, 3.63) is 88.1 Å². The molecule has 2 saturated heterocycles. The van der Waals surface area contributed by atoms with Gasteiger partial charge in [-0.05, 0) is 57.8 Å². The Morgan fingerprint density at radius 3 is 1.01 bits per heavy atom. The Bertz CT molecular complexity index is 2420. The van der Waals surface area contributed by atoms with Gasteiger partial charge in [0, 0.05) is 40.6 Å². The molecule has 2 fully saturated rings. The summed E-state index contributed by atoms with van der Waals surface area (Å²) < 4.78 is 171. The van der Waals surface area contributed by atoms with Crippen LogP contribution in [0.1, 0.15) is 291 Å². The standard InChI is InChI=1S/C88H163O23P3/c1-13-23-27-31-34-37-40-41-42-43-44-45-48-51-55-59-70-96-86-84(97-71-61-78(93-12)60-56-52-30-26-16-4)82(111-114(91,105-66-21-9)106-67-22-10)79(76-92-11)109-88(86)100-77-80-81(98-72-74-107-112(89,101-62-17-5)102-63-18-6)83(94-68-57-53-49-46-38-35-32-28-24-14-2)85(95-69-58-54-50-47-39-36-33-29-25-15-3)87(110-80)99-73-75-108-113(90,103-64-19-7)104-65-20-8/h17-22,37,40,78-88H,5-10,13-16,23-36,38-39,41-77H2,1-4,11-12H3/b40-37-/t78-,79+,80+,81+,82+,83-,84-,85+,86+,87-,88+/m0/s1. The lowest BCUT2D eigenvalue weighted by molar-refractivity contribution is -0.346. The van der Waals surface area contributed by atoms with E-state index in [1.807, 2.05) is 0 Å². The lowest BCUT2D eigenvalue weighted by Crippen LogP contribution is -2.64. The van der Waals surface area contributed by atoms with E-state index in [0.717, 1.165) is 116 Å². The molecule has 0 aromatic rings. The molecule has 11 atom stereocenters. The van der Waals surface area contributed by atoms with E-state index in [-0.39, 0.29) is 98.6 Å². The Kier molecular flexibility index (Phi) is 71.0. The molecule has 2 aliphatic rings. The molecule has 0 aromatic heterocycles. The van der Waals surface area contributed by atoms with E-state index < -0.39 is 84.9 Å². The maximum absolute atomic E-state index is 15.0. The summed E-state index contributed by atoms with van der Waals surface area (Å²) in [6.07, 6.45) is 47.7.